The third-order valence-corrected chi connectivity index (χ3v) is 2.41. The monoisotopic (exact) mass is 273 g/mol. The lowest BCUT2D eigenvalue weighted by molar-refractivity contribution is -0.138. The molecular formula is C14H15N3O3. The van der Waals surface area contributed by atoms with Crippen LogP contribution in [0, 0.1) is 18.3 Å². The number of esters is 1. The van der Waals surface area contributed by atoms with Gasteiger partial charge in [0.15, 0.2) is 5.57 Å². The topological polar surface area (TPSA) is 91.2 Å². The van der Waals surface area contributed by atoms with Gasteiger partial charge in [-0.3, -0.25) is 10.2 Å². The third-order valence-electron chi connectivity index (χ3n) is 2.41. The molecule has 0 radical (unpaired) electrons. The summed E-state index contributed by atoms with van der Waals surface area (Å²) < 4.78 is 4.67. The Morgan fingerprint density at radius 1 is 1.40 bits per heavy atom. The van der Waals surface area contributed by atoms with E-state index in [-0.39, 0.29) is 18.1 Å². The summed E-state index contributed by atoms with van der Waals surface area (Å²) in [5.41, 5.74) is 5.89. The van der Waals surface area contributed by atoms with Crippen molar-refractivity contribution in [1.29, 1.82) is 5.26 Å². The Morgan fingerprint density at radius 2 is 2.10 bits per heavy atom. The molecule has 1 aromatic rings. The minimum Gasteiger partial charge on any atom is -0.462 e. The van der Waals surface area contributed by atoms with E-state index in [1.165, 1.54) is 0 Å². The van der Waals surface area contributed by atoms with Gasteiger partial charge >= 0.3 is 5.97 Å². The number of ether oxygens (including phenoxy) is 1. The van der Waals surface area contributed by atoms with E-state index in [0.29, 0.717) is 5.56 Å². The molecule has 0 spiro atoms. The van der Waals surface area contributed by atoms with Gasteiger partial charge in [0.05, 0.1) is 6.61 Å². The summed E-state index contributed by atoms with van der Waals surface area (Å²) in [5, 5.41) is 8.78. The summed E-state index contributed by atoms with van der Waals surface area (Å²) in [6, 6.07) is 8.74. The van der Waals surface area contributed by atoms with Crippen molar-refractivity contribution in [3.8, 4) is 6.07 Å². The highest BCUT2D eigenvalue weighted by molar-refractivity contribution is 5.95. The zero-order valence-corrected chi connectivity index (χ0v) is 11.3. The van der Waals surface area contributed by atoms with Gasteiger partial charge in [0.1, 0.15) is 6.07 Å². The highest BCUT2D eigenvalue weighted by Gasteiger charge is 2.10. The molecule has 1 aromatic carbocycles. The van der Waals surface area contributed by atoms with Gasteiger partial charge in [0.25, 0.3) is 5.91 Å². The molecule has 1 amide bonds. The van der Waals surface area contributed by atoms with Crippen molar-refractivity contribution in [2.75, 3.05) is 6.61 Å². The molecule has 104 valence electrons. The van der Waals surface area contributed by atoms with Crippen LogP contribution in [0.15, 0.2) is 36.0 Å². The Hall–Kier alpha value is -2.81. The fraction of sp³-hybridized carbons (Fsp3) is 0.214. The number of nitriles is 1. The second-order valence-electron chi connectivity index (χ2n) is 3.80. The first kappa shape index (κ1) is 15.2. The molecule has 0 aliphatic heterocycles. The molecule has 0 unspecified atom stereocenters. The van der Waals surface area contributed by atoms with Crippen LogP contribution in [0.4, 0.5) is 0 Å². The molecule has 0 saturated heterocycles. The summed E-state index contributed by atoms with van der Waals surface area (Å²) in [6.07, 6.45) is 1.09. The quantitative estimate of drug-likeness (QED) is 0.364. The number of aryl methyl sites for hydroxylation is 1. The predicted molar refractivity (Wildman–Crippen MR) is 72.1 cm³/mol. The van der Waals surface area contributed by atoms with Gasteiger partial charge in [-0.15, -0.1) is 0 Å². The number of nitrogens with one attached hydrogen (secondary N) is 2. The van der Waals surface area contributed by atoms with Crippen LogP contribution in [0.1, 0.15) is 22.8 Å². The van der Waals surface area contributed by atoms with E-state index >= 15 is 0 Å². The standard InChI is InChI=1S/C14H15N3O3/c1-3-20-14(19)11(8-15)9-16-17-13(18)12-7-5-4-6-10(12)2/h4-7,9,16H,3H2,1-2H3,(H,17,18)/b11-9+. The Labute approximate surface area is 117 Å². The van der Waals surface area contributed by atoms with Crippen LogP contribution in [0.2, 0.25) is 0 Å². The number of nitrogens with zero attached hydrogens (tertiary/aromatic N) is 1. The van der Waals surface area contributed by atoms with Crippen LogP contribution in [0.3, 0.4) is 0 Å². The minimum absolute atomic E-state index is 0.174. The normalized spacial score (nSPS) is 10.3. The second kappa shape index (κ2) is 7.59. The summed E-state index contributed by atoms with van der Waals surface area (Å²) in [7, 11) is 0. The average molecular weight is 273 g/mol. The highest BCUT2D eigenvalue weighted by atomic mass is 16.5. The predicted octanol–water partition coefficient (Wildman–Crippen LogP) is 1.20. The molecule has 0 aromatic heterocycles. The fourth-order valence-corrected chi connectivity index (χ4v) is 1.41. The number of carbonyl (C=O) groups excluding carboxylic acids is 2. The molecule has 0 fully saturated rings. The first-order valence-corrected chi connectivity index (χ1v) is 5.99. The van der Waals surface area contributed by atoms with E-state index in [4.69, 9.17) is 5.26 Å². The number of rotatable bonds is 5. The maximum absolute atomic E-state index is 11.8. The Kier molecular flexibility index (Phi) is 5.78. The summed E-state index contributed by atoms with van der Waals surface area (Å²) in [6.45, 7) is 3.62. The molecule has 6 heteroatoms. The number of hydrazine groups is 1. The molecular weight excluding hydrogens is 258 g/mol. The molecule has 0 saturated carbocycles. The molecule has 2 N–H and O–H groups in total. The van der Waals surface area contributed by atoms with Gasteiger partial charge < -0.3 is 10.2 Å². The number of amides is 1. The van der Waals surface area contributed by atoms with Crippen molar-refractivity contribution >= 4 is 11.9 Å². The lowest BCUT2D eigenvalue weighted by Gasteiger charge is -2.07. The van der Waals surface area contributed by atoms with Crippen molar-refractivity contribution in [3.63, 3.8) is 0 Å². The van der Waals surface area contributed by atoms with Crippen molar-refractivity contribution in [2.45, 2.75) is 13.8 Å². The van der Waals surface area contributed by atoms with Gasteiger partial charge in [-0.25, -0.2) is 4.79 Å². The van der Waals surface area contributed by atoms with Gasteiger partial charge in [-0.2, -0.15) is 5.26 Å². The first-order chi connectivity index (χ1) is 9.60. The minimum atomic E-state index is -0.743. The van der Waals surface area contributed by atoms with Crippen molar-refractivity contribution < 1.29 is 14.3 Å². The van der Waals surface area contributed by atoms with E-state index in [9.17, 15) is 9.59 Å². The second-order valence-corrected chi connectivity index (χ2v) is 3.80. The SMILES string of the molecule is CCOC(=O)/C(C#N)=C/NNC(=O)c1ccccc1C. The molecule has 0 bridgehead atoms. The van der Waals surface area contributed by atoms with Crippen LogP contribution in [0.25, 0.3) is 0 Å². The largest absolute Gasteiger partial charge is 0.462 e. The van der Waals surface area contributed by atoms with E-state index in [2.05, 4.69) is 15.6 Å². The Bertz CT molecular complexity index is 573. The van der Waals surface area contributed by atoms with Crippen molar-refractivity contribution in [3.05, 3.63) is 47.2 Å². The van der Waals surface area contributed by atoms with E-state index in [1.54, 1.807) is 25.1 Å². The summed E-state index contributed by atoms with van der Waals surface area (Å²) >= 11 is 0. The van der Waals surface area contributed by atoms with E-state index < -0.39 is 5.97 Å². The molecule has 0 atom stereocenters. The number of hydrogen-bond donors (Lipinski definition) is 2. The first-order valence-electron chi connectivity index (χ1n) is 5.99. The van der Waals surface area contributed by atoms with Gasteiger partial charge in [0, 0.05) is 11.8 Å². The molecule has 0 heterocycles. The Balaban J connectivity index is 2.64. The number of hydrogen-bond acceptors (Lipinski definition) is 5. The summed E-state index contributed by atoms with van der Waals surface area (Å²) in [5.74, 6) is -1.10. The maximum Gasteiger partial charge on any atom is 0.350 e. The van der Waals surface area contributed by atoms with E-state index in [0.717, 1.165) is 11.8 Å². The van der Waals surface area contributed by atoms with Gasteiger partial charge in [-0.05, 0) is 25.5 Å². The van der Waals surface area contributed by atoms with Crippen LogP contribution in [-0.2, 0) is 9.53 Å². The summed E-state index contributed by atoms with van der Waals surface area (Å²) in [4.78, 5) is 23.1. The Morgan fingerprint density at radius 3 is 2.70 bits per heavy atom. The van der Waals surface area contributed by atoms with Crippen molar-refractivity contribution in [2.24, 2.45) is 0 Å². The molecule has 20 heavy (non-hydrogen) atoms. The average Bonchev–Trinajstić information content (AvgIpc) is 2.44. The highest BCUT2D eigenvalue weighted by Crippen LogP contribution is 2.05. The zero-order valence-electron chi connectivity index (χ0n) is 11.3. The lowest BCUT2D eigenvalue weighted by Crippen LogP contribution is -2.34. The van der Waals surface area contributed by atoms with E-state index in [1.807, 2.05) is 19.1 Å². The van der Waals surface area contributed by atoms with Crippen LogP contribution in [-0.4, -0.2) is 18.5 Å². The molecule has 0 aliphatic rings. The van der Waals surface area contributed by atoms with Gasteiger partial charge in [0.2, 0.25) is 0 Å². The third kappa shape index (κ3) is 4.14. The zero-order chi connectivity index (χ0) is 15.0. The van der Waals surface area contributed by atoms with Crippen molar-refractivity contribution in [1.82, 2.24) is 10.9 Å². The fourth-order valence-electron chi connectivity index (χ4n) is 1.41. The lowest BCUT2D eigenvalue weighted by atomic mass is 10.1. The van der Waals surface area contributed by atoms with Crippen LogP contribution in [0.5, 0.6) is 0 Å². The molecule has 6 nitrogen and oxygen atoms in total. The molecule has 0 aliphatic carbocycles. The number of benzene rings is 1. The molecule has 1 rings (SSSR count). The van der Waals surface area contributed by atoms with Gasteiger partial charge in [-0.1, -0.05) is 18.2 Å². The van der Waals surface area contributed by atoms with Crippen LogP contribution < -0.4 is 10.9 Å². The maximum atomic E-state index is 11.8. The smallest absolute Gasteiger partial charge is 0.350 e. The van der Waals surface area contributed by atoms with Crippen LogP contribution >= 0.6 is 0 Å². The number of carbonyl (C=O) groups is 2.